The third-order valence-electron chi connectivity index (χ3n) is 7.39. The predicted molar refractivity (Wildman–Crippen MR) is 165 cm³/mol. The molecule has 4 rings (SSSR count). The van der Waals surface area contributed by atoms with Gasteiger partial charge in [-0.3, -0.25) is 9.52 Å². The van der Waals surface area contributed by atoms with E-state index in [1.165, 1.54) is 18.6 Å². The fourth-order valence-corrected chi connectivity index (χ4v) is 6.22. The van der Waals surface area contributed by atoms with Crippen molar-refractivity contribution in [2.24, 2.45) is 0 Å². The third kappa shape index (κ3) is 7.01. The summed E-state index contributed by atoms with van der Waals surface area (Å²) in [6, 6.07) is 11.3. The molecule has 3 N–H and O–H groups in total. The summed E-state index contributed by atoms with van der Waals surface area (Å²) in [6.45, 7) is 8.29. The molecule has 11 heteroatoms. The summed E-state index contributed by atoms with van der Waals surface area (Å²) in [5.74, 6) is 1.47. The number of ether oxygens (including phenoxy) is 1. The minimum absolute atomic E-state index is 0.00692. The summed E-state index contributed by atoms with van der Waals surface area (Å²) in [7, 11) is -3.98. The molecule has 42 heavy (non-hydrogen) atoms. The van der Waals surface area contributed by atoms with Gasteiger partial charge >= 0.3 is 0 Å². The van der Waals surface area contributed by atoms with E-state index in [0.717, 1.165) is 43.5 Å². The van der Waals surface area contributed by atoms with Gasteiger partial charge in [-0.15, -0.1) is 5.10 Å². The van der Waals surface area contributed by atoms with Gasteiger partial charge < -0.3 is 14.8 Å². The Morgan fingerprint density at radius 1 is 1.07 bits per heavy atom. The molecule has 226 valence electrons. The molecule has 4 aromatic rings. The van der Waals surface area contributed by atoms with Gasteiger partial charge in [-0.1, -0.05) is 51.7 Å². The third-order valence-corrected chi connectivity index (χ3v) is 8.77. The number of unbranched alkanes of at least 4 members (excludes halogenated alkanes) is 3. The van der Waals surface area contributed by atoms with Gasteiger partial charge in [-0.05, 0) is 69.0 Å². The van der Waals surface area contributed by atoms with E-state index in [9.17, 15) is 13.2 Å². The van der Waals surface area contributed by atoms with Gasteiger partial charge in [0.1, 0.15) is 11.6 Å². The number of benzene rings is 2. The van der Waals surface area contributed by atoms with Gasteiger partial charge in [-0.2, -0.15) is 0 Å². The van der Waals surface area contributed by atoms with Crippen molar-refractivity contribution in [3.05, 3.63) is 69.9 Å². The summed E-state index contributed by atoms with van der Waals surface area (Å²) in [4.78, 5) is 20.9. The van der Waals surface area contributed by atoms with Crippen LogP contribution < -0.4 is 15.0 Å². The number of rotatable bonds is 15. The number of fused-ring (bicyclic) bond motifs is 1. The van der Waals surface area contributed by atoms with Crippen LogP contribution in [0.2, 0.25) is 0 Å². The number of aryl methyl sites for hydroxylation is 1. The molecule has 0 saturated carbocycles. The van der Waals surface area contributed by atoms with Crippen LogP contribution in [0, 0.1) is 6.92 Å². The van der Waals surface area contributed by atoms with Crippen LogP contribution in [0.1, 0.15) is 82.3 Å². The maximum Gasteiger partial charge on any atom is 0.277 e. The first-order chi connectivity index (χ1) is 20.2. The van der Waals surface area contributed by atoms with Crippen LogP contribution in [-0.4, -0.2) is 46.3 Å². The van der Waals surface area contributed by atoms with Crippen molar-refractivity contribution in [2.45, 2.75) is 83.5 Å². The van der Waals surface area contributed by atoms with Gasteiger partial charge in [0.2, 0.25) is 0 Å². The van der Waals surface area contributed by atoms with E-state index in [-0.39, 0.29) is 28.8 Å². The average molecular weight is 596 g/mol. The van der Waals surface area contributed by atoms with Gasteiger partial charge in [0.05, 0.1) is 22.8 Å². The topological polar surface area (TPSA) is 139 Å². The predicted octanol–water partition coefficient (Wildman–Crippen LogP) is 5.59. The van der Waals surface area contributed by atoms with Crippen molar-refractivity contribution in [1.29, 1.82) is 0 Å². The molecular weight excluding hydrogens is 554 g/mol. The zero-order valence-electron chi connectivity index (χ0n) is 24.8. The van der Waals surface area contributed by atoms with E-state index < -0.39 is 10.0 Å². The molecule has 2 aromatic carbocycles. The monoisotopic (exact) mass is 595 g/mol. The fourth-order valence-electron chi connectivity index (χ4n) is 5.14. The molecule has 10 nitrogen and oxygen atoms in total. The Morgan fingerprint density at radius 2 is 1.83 bits per heavy atom. The van der Waals surface area contributed by atoms with Crippen molar-refractivity contribution in [1.82, 2.24) is 19.6 Å². The van der Waals surface area contributed by atoms with Crippen LogP contribution in [0.4, 0.5) is 5.69 Å². The lowest BCUT2D eigenvalue weighted by molar-refractivity contribution is 0.299. The molecule has 0 amide bonds. The van der Waals surface area contributed by atoms with Gasteiger partial charge in [0.25, 0.3) is 15.6 Å². The number of nitrogens with zero attached hydrogens (tertiary/aromatic N) is 3. The summed E-state index contributed by atoms with van der Waals surface area (Å²) < 4.78 is 36.8. The molecule has 0 spiro atoms. The van der Waals surface area contributed by atoms with Crippen LogP contribution >= 0.6 is 0 Å². The van der Waals surface area contributed by atoms with Crippen LogP contribution in [0.5, 0.6) is 5.75 Å². The van der Waals surface area contributed by atoms with Crippen molar-refractivity contribution in [3.63, 3.8) is 0 Å². The van der Waals surface area contributed by atoms with E-state index in [2.05, 4.69) is 23.6 Å². The van der Waals surface area contributed by atoms with Crippen LogP contribution in [0.15, 0.2) is 52.2 Å². The number of H-pyrrole nitrogens is 1. The number of hydrogen-bond donors (Lipinski definition) is 3. The highest BCUT2D eigenvalue weighted by Crippen LogP contribution is 2.32. The van der Waals surface area contributed by atoms with Gasteiger partial charge in [-0.25, -0.2) is 17.9 Å². The first kappa shape index (κ1) is 31.2. The Kier molecular flexibility index (Phi) is 10.4. The number of nitrogens with one attached hydrogen (secondary N) is 2. The largest absolute Gasteiger partial charge is 0.493 e. The zero-order chi connectivity index (χ0) is 30.3. The normalized spacial score (nSPS) is 12.5. The Bertz CT molecular complexity index is 1660. The number of aromatic amines is 1. The fraction of sp³-hybridized carbons (Fsp3) is 0.452. The van der Waals surface area contributed by atoms with Crippen LogP contribution in [0.3, 0.4) is 0 Å². The molecular formula is C31H41N5O5S. The SMILES string of the molecule is CCCCCCC(CC)c1nc(C)c2c(=O)[nH]c(-c3cc(S(=O)(=O)Nc4ccc(CCO)cc4)ccc3OCC)nn12. The lowest BCUT2D eigenvalue weighted by Crippen LogP contribution is -2.17. The smallest absolute Gasteiger partial charge is 0.277 e. The zero-order valence-corrected chi connectivity index (χ0v) is 25.6. The number of aliphatic hydroxyl groups excluding tert-OH is 1. The Balaban J connectivity index is 1.76. The van der Waals surface area contributed by atoms with E-state index >= 15 is 0 Å². The molecule has 0 aliphatic heterocycles. The Morgan fingerprint density at radius 3 is 2.50 bits per heavy atom. The number of sulfonamides is 1. The lowest BCUT2D eigenvalue weighted by Gasteiger charge is -2.15. The van der Waals surface area contributed by atoms with Crippen LogP contribution in [0.25, 0.3) is 16.9 Å². The first-order valence-electron chi connectivity index (χ1n) is 14.7. The summed E-state index contributed by atoms with van der Waals surface area (Å²) in [5.41, 5.74) is 2.28. The van der Waals surface area contributed by atoms with Crippen molar-refractivity contribution in [2.75, 3.05) is 17.9 Å². The molecule has 0 saturated heterocycles. The molecule has 1 unspecified atom stereocenters. The molecule has 2 heterocycles. The van der Waals surface area contributed by atoms with E-state index in [4.69, 9.17) is 19.9 Å². The van der Waals surface area contributed by atoms with E-state index in [0.29, 0.717) is 41.2 Å². The second-order valence-electron chi connectivity index (χ2n) is 10.4. The standard InChI is InChI=1S/C31H41N5O5S/c1-5-8-9-10-11-23(6-2)30-32-21(4)28-31(38)33-29(34-36(28)30)26-20-25(16-17-27(26)41-7-3)42(39,40)35-24-14-12-22(13-15-24)18-19-37/h12-17,20,23,35,37H,5-11,18-19H2,1-4H3,(H,33,34,38). The number of anilines is 1. The number of hydrogen-bond acceptors (Lipinski definition) is 7. The van der Waals surface area contributed by atoms with Crippen molar-refractivity contribution >= 4 is 21.2 Å². The number of aliphatic hydroxyl groups is 1. The Labute approximate surface area is 247 Å². The first-order valence-corrected chi connectivity index (χ1v) is 16.2. The van der Waals surface area contributed by atoms with Crippen molar-refractivity contribution < 1.29 is 18.3 Å². The highest BCUT2D eigenvalue weighted by Gasteiger charge is 2.23. The lowest BCUT2D eigenvalue weighted by atomic mass is 9.97. The summed E-state index contributed by atoms with van der Waals surface area (Å²) in [6.07, 6.45) is 6.86. The minimum Gasteiger partial charge on any atom is -0.493 e. The number of imidazole rings is 1. The highest BCUT2D eigenvalue weighted by molar-refractivity contribution is 7.92. The molecule has 0 fully saturated rings. The van der Waals surface area contributed by atoms with Crippen molar-refractivity contribution in [3.8, 4) is 17.1 Å². The minimum atomic E-state index is -3.98. The summed E-state index contributed by atoms with van der Waals surface area (Å²) in [5, 5.41) is 13.9. The molecule has 0 aliphatic rings. The molecule has 1 atom stereocenters. The molecule has 2 aromatic heterocycles. The van der Waals surface area contributed by atoms with Gasteiger partial charge in [0.15, 0.2) is 11.3 Å². The highest BCUT2D eigenvalue weighted by atomic mass is 32.2. The maximum absolute atomic E-state index is 13.4. The molecule has 0 bridgehead atoms. The van der Waals surface area contributed by atoms with E-state index in [1.54, 1.807) is 41.8 Å². The molecule has 0 aliphatic carbocycles. The second kappa shape index (κ2) is 14.0. The van der Waals surface area contributed by atoms with E-state index in [1.807, 2.05) is 6.92 Å². The number of aromatic nitrogens is 4. The second-order valence-corrected chi connectivity index (χ2v) is 12.1. The maximum atomic E-state index is 13.4. The summed E-state index contributed by atoms with van der Waals surface area (Å²) >= 11 is 0. The average Bonchev–Trinajstić information content (AvgIpc) is 3.30. The van der Waals surface area contributed by atoms with Gasteiger partial charge in [0, 0.05) is 18.2 Å². The van der Waals surface area contributed by atoms with Crippen LogP contribution in [-0.2, 0) is 16.4 Å². The Hall–Kier alpha value is -3.70. The quantitative estimate of drug-likeness (QED) is 0.152. The molecule has 0 radical (unpaired) electrons.